The molecule has 1 aliphatic heterocycles. The highest BCUT2D eigenvalue weighted by Crippen LogP contribution is 2.34. The Morgan fingerprint density at radius 1 is 1.27 bits per heavy atom. The fourth-order valence-corrected chi connectivity index (χ4v) is 4.65. The van der Waals surface area contributed by atoms with Crippen LogP contribution < -0.4 is 0 Å². The number of para-hydroxylation sites is 1. The lowest BCUT2D eigenvalue weighted by molar-refractivity contribution is 0.0706. The highest BCUT2D eigenvalue weighted by atomic mass is 79.9. The van der Waals surface area contributed by atoms with Crippen LogP contribution in [0.1, 0.15) is 60.3 Å². The van der Waals surface area contributed by atoms with Crippen molar-refractivity contribution in [1.29, 1.82) is 0 Å². The number of amides is 1. The maximum atomic E-state index is 12.9. The Labute approximate surface area is 161 Å². The number of nitrogens with zero attached hydrogens (tertiary/aromatic N) is 2. The number of piperidine rings is 1. The maximum absolute atomic E-state index is 12.9. The average Bonchev–Trinajstić information content (AvgIpc) is 3.25. The van der Waals surface area contributed by atoms with Crippen LogP contribution in [0.2, 0.25) is 0 Å². The van der Waals surface area contributed by atoms with Crippen LogP contribution in [0.3, 0.4) is 0 Å². The Kier molecular flexibility index (Phi) is 4.61. The predicted molar refractivity (Wildman–Crippen MR) is 107 cm³/mol. The molecule has 4 rings (SSSR count). The van der Waals surface area contributed by atoms with E-state index in [2.05, 4.69) is 75.4 Å². The molecule has 2 aromatic heterocycles. The summed E-state index contributed by atoms with van der Waals surface area (Å²) < 4.78 is 0.802. The Hall–Kier alpha value is -2.08. The van der Waals surface area contributed by atoms with Crippen molar-refractivity contribution in [2.75, 3.05) is 13.1 Å². The zero-order chi connectivity index (χ0) is 18.3. The van der Waals surface area contributed by atoms with Crippen LogP contribution in [-0.2, 0) is 0 Å². The van der Waals surface area contributed by atoms with Crippen LogP contribution in [0, 0.1) is 0 Å². The number of nitrogens with one attached hydrogen (secondary N) is 2. The van der Waals surface area contributed by atoms with Gasteiger partial charge in [0.15, 0.2) is 5.69 Å². The van der Waals surface area contributed by atoms with Gasteiger partial charge in [0.05, 0.1) is 10.2 Å². The fraction of sp³-hybridized carbons (Fsp3) is 0.400. The average molecular weight is 415 g/mol. The van der Waals surface area contributed by atoms with Gasteiger partial charge in [-0.05, 0) is 52.2 Å². The number of fused-ring (bicyclic) bond motifs is 1. The lowest BCUT2D eigenvalue weighted by atomic mass is 9.89. The largest absolute Gasteiger partial charge is 0.361 e. The minimum Gasteiger partial charge on any atom is -0.361 e. The number of halogens is 1. The molecule has 0 unspecified atom stereocenters. The second kappa shape index (κ2) is 6.91. The molecule has 1 amide bonds. The maximum Gasteiger partial charge on any atom is 0.275 e. The summed E-state index contributed by atoms with van der Waals surface area (Å²) in [5, 5.41) is 8.55. The number of carbonyl (C=O) groups is 1. The highest BCUT2D eigenvalue weighted by Gasteiger charge is 2.29. The number of hydrogen-bond donors (Lipinski definition) is 2. The van der Waals surface area contributed by atoms with Gasteiger partial charge in [-0.15, -0.1) is 0 Å². The SMILES string of the molecule is CC(C)c1[nH]nc(C(=O)N2CCC(c3c[nH]c4ccccc34)CC2)c1Br. The third kappa shape index (κ3) is 2.96. The van der Waals surface area contributed by atoms with Gasteiger partial charge >= 0.3 is 0 Å². The molecule has 2 N–H and O–H groups in total. The van der Waals surface area contributed by atoms with E-state index >= 15 is 0 Å². The van der Waals surface area contributed by atoms with Crippen molar-refractivity contribution in [3.8, 4) is 0 Å². The molecular weight excluding hydrogens is 392 g/mol. The summed E-state index contributed by atoms with van der Waals surface area (Å²) in [6, 6.07) is 8.42. The van der Waals surface area contributed by atoms with E-state index in [-0.39, 0.29) is 5.91 Å². The number of rotatable bonds is 3. The van der Waals surface area contributed by atoms with E-state index in [0.717, 1.165) is 36.1 Å². The molecule has 0 bridgehead atoms. The van der Waals surface area contributed by atoms with E-state index in [4.69, 9.17) is 0 Å². The van der Waals surface area contributed by atoms with Gasteiger partial charge in [0, 0.05) is 30.2 Å². The molecule has 1 aliphatic rings. The summed E-state index contributed by atoms with van der Waals surface area (Å²) in [5.41, 5.74) is 4.03. The molecule has 1 saturated heterocycles. The van der Waals surface area contributed by atoms with Crippen molar-refractivity contribution in [2.24, 2.45) is 0 Å². The molecular formula is C20H23BrN4O. The first-order valence-electron chi connectivity index (χ1n) is 9.15. The Morgan fingerprint density at radius 2 is 2.00 bits per heavy atom. The number of hydrogen-bond acceptors (Lipinski definition) is 2. The van der Waals surface area contributed by atoms with E-state index in [1.165, 1.54) is 16.5 Å². The number of likely N-dealkylation sites (tertiary alicyclic amines) is 1. The first-order chi connectivity index (χ1) is 12.6. The zero-order valence-corrected chi connectivity index (χ0v) is 16.6. The van der Waals surface area contributed by atoms with Crippen molar-refractivity contribution < 1.29 is 4.79 Å². The number of aromatic amines is 2. The van der Waals surface area contributed by atoms with Crippen molar-refractivity contribution in [3.05, 3.63) is 51.9 Å². The van der Waals surface area contributed by atoms with Crippen LogP contribution in [0.25, 0.3) is 10.9 Å². The number of benzene rings is 1. The second-order valence-electron chi connectivity index (χ2n) is 7.31. The van der Waals surface area contributed by atoms with Gasteiger partial charge in [-0.3, -0.25) is 9.89 Å². The van der Waals surface area contributed by atoms with Crippen LogP contribution in [0.4, 0.5) is 0 Å². The minimum absolute atomic E-state index is 0.0115. The summed E-state index contributed by atoms with van der Waals surface area (Å²) in [6.45, 7) is 5.69. The van der Waals surface area contributed by atoms with Gasteiger partial charge in [0.1, 0.15) is 0 Å². The first-order valence-corrected chi connectivity index (χ1v) is 9.94. The molecule has 5 nitrogen and oxygen atoms in total. The molecule has 0 spiro atoms. The Morgan fingerprint density at radius 3 is 2.69 bits per heavy atom. The van der Waals surface area contributed by atoms with Crippen molar-refractivity contribution in [3.63, 3.8) is 0 Å². The number of H-pyrrole nitrogens is 2. The van der Waals surface area contributed by atoms with Crippen molar-refractivity contribution in [2.45, 2.75) is 38.5 Å². The normalized spacial score (nSPS) is 15.9. The monoisotopic (exact) mass is 414 g/mol. The van der Waals surface area contributed by atoms with Gasteiger partial charge < -0.3 is 9.88 Å². The van der Waals surface area contributed by atoms with E-state index in [9.17, 15) is 4.79 Å². The van der Waals surface area contributed by atoms with E-state index in [0.29, 0.717) is 17.5 Å². The highest BCUT2D eigenvalue weighted by molar-refractivity contribution is 9.10. The van der Waals surface area contributed by atoms with Gasteiger partial charge in [0.25, 0.3) is 5.91 Å². The second-order valence-corrected chi connectivity index (χ2v) is 8.10. The van der Waals surface area contributed by atoms with Gasteiger partial charge in [0.2, 0.25) is 0 Å². The molecule has 0 saturated carbocycles. The summed E-state index contributed by atoms with van der Waals surface area (Å²) in [4.78, 5) is 18.2. The number of carbonyl (C=O) groups excluding carboxylic acids is 1. The number of aromatic nitrogens is 3. The Bertz CT molecular complexity index is 934. The van der Waals surface area contributed by atoms with Gasteiger partial charge in [-0.2, -0.15) is 5.10 Å². The molecule has 1 aromatic carbocycles. The molecule has 136 valence electrons. The molecule has 0 radical (unpaired) electrons. The van der Waals surface area contributed by atoms with E-state index in [1.54, 1.807) is 0 Å². The molecule has 0 aliphatic carbocycles. The van der Waals surface area contributed by atoms with Gasteiger partial charge in [-0.1, -0.05) is 32.0 Å². The van der Waals surface area contributed by atoms with Crippen LogP contribution in [-0.4, -0.2) is 39.1 Å². The third-order valence-corrected chi connectivity index (χ3v) is 6.16. The third-order valence-electron chi connectivity index (χ3n) is 5.36. The topological polar surface area (TPSA) is 64.8 Å². The smallest absolute Gasteiger partial charge is 0.275 e. The zero-order valence-electron chi connectivity index (χ0n) is 15.1. The van der Waals surface area contributed by atoms with Crippen molar-refractivity contribution in [1.82, 2.24) is 20.1 Å². The Balaban J connectivity index is 1.47. The van der Waals surface area contributed by atoms with E-state index in [1.807, 2.05) is 4.90 Å². The van der Waals surface area contributed by atoms with Crippen molar-refractivity contribution >= 4 is 32.7 Å². The van der Waals surface area contributed by atoms with Gasteiger partial charge in [-0.25, -0.2) is 0 Å². The molecule has 6 heteroatoms. The summed E-state index contributed by atoms with van der Waals surface area (Å²) in [6.07, 6.45) is 4.09. The van der Waals surface area contributed by atoms with Crippen LogP contribution in [0.15, 0.2) is 34.9 Å². The molecule has 3 heterocycles. The van der Waals surface area contributed by atoms with Crippen LogP contribution >= 0.6 is 15.9 Å². The lowest BCUT2D eigenvalue weighted by Crippen LogP contribution is -2.38. The predicted octanol–water partition coefficient (Wildman–Crippen LogP) is 4.80. The molecule has 3 aromatic rings. The summed E-state index contributed by atoms with van der Waals surface area (Å²) in [5.74, 6) is 0.799. The van der Waals surface area contributed by atoms with Crippen LogP contribution in [0.5, 0.6) is 0 Å². The standard InChI is InChI=1S/C20H23BrN4O/c1-12(2)18-17(21)19(24-23-18)20(26)25-9-7-13(8-10-25)15-11-22-16-6-4-3-5-14(15)16/h3-6,11-13,22H,7-10H2,1-2H3,(H,23,24). The minimum atomic E-state index is 0.0115. The first kappa shape index (κ1) is 17.3. The summed E-state index contributed by atoms with van der Waals surface area (Å²) >= 11 is 3.54. The molecule has 0 atom stereocenters. The molecule has 1 fully saturated rings. The lowest BCUT2D eigenvalue weighted by Gasteiger charge is -2.31. The quantitative estimate of drug-likeness (QED) is 0.646. The molecule has 26 heavy (non-hydrogen) atoms. The van der Waals surface area contributed by atoms with E-state index < -0.39 is 0 Å². The summed E-state index contributed by atoms with van der Waals surface area (Å²) in [7, 11) is 0. The fourth-order valence-electron chi connectivity index (χ4n) is 3.84.